The minimum Gasteiger partial charge on any atom is -0.496 e. The molecule has 1 fully saturated rings. The summed E-state index contributed by atoms with van der Waals surface area (Å²) in [5, 5.41) is 4.81. The Labute approximate surface area is 141 Å². The molecule has 124 valence electrons. The smallest absolute Gasteiger partial charge is 0.165 e. The number of benzene rings is 1. The van der Waals surface area contributed by atoms with Crippen molar-refractivity contribution in [3.05, 3.63) is 41.7 Å². The van der Waals surface area contributed by atoms with Gasteiger partial charge in [-0.15, -0.1) is 0 Å². The number of hydrogen-bond acceptors (Lipinski definition) is 4. The van der Waals surface area contributed by atoms with Crippen LogP contribution in [0.5, 0.6) is 5.75 Å². The second-order valence-corrected chi connectivity index (χ2v) is 6.35. The van der Waals surface area contributed by atoms with E-state index in [-0.39, 0.29) is 0 Å². The van der Waals surface area contributed by atoms with Crippen molar-refractivity contribution < 1.29 is 4.74 Å². The van der Waals surface area contributed by atoms with E-state index in [0.717, 1.165) is 52.8 Å². The van der Waals surface area contributed by atoms with Crippen LogP contribution in [-0.2, 0) is 0 Å². The number of anilines is 1. The minimum absolute atomic E-state index is 0.849. The van der Waals surface area contributed by atoms with Crippen molar-refractivity contribution in [2.24, 2.45) is 0 Å². The van der Waals surface area contributed by atoms with Crippen LogP contribution >= 0.6 is 0 Å². The Morgan fingerprint density at radius 2 is 1.83 bits per heavy atom. The van der Waals surface area contributed by atoms with Crippen molar-refractivity contribution >= 4 is 11.5 Å². The maximum Gasteiger partial charge on any atom is 0.165 e. The molecule has 0 aliphatic carbocycles. The number of aryl methyl sites for hydroxylation is 2. The molecule has 0 spiro atoms. The first kappa shape index (κ1) is 15.0. The van der Waals surface area contributed by atoms with Gasteiger partial charge in [0, 0.05) is 30.4 Å². The molecule has 0 N–H and O–H groups in total. The molecule has 0 radical (unpaired) electrons. The third kappa shape index (κ3) is 2.31. The highest BCUT2D eigenvalue weighted by Crippen LogP contribution is 2.36. The standard InChI is InChI=1S/C19H22N4O/c1-13-12-17(22-10-6-7-11-22)23-19(20-13)18(14(2)21-23)15-8-4-5-9-16(15)24-3/h4-5,8-9,12H,6-7,10-11H2,1-3H3. The molecule has 1 saturated heterocycles. The van der Waals surface area contributed by atoms with Crippen LogP contribution in [0.25, 0.3) is 16.8 Å². The molecule has 0 bridgehead atoms. The average molecular weight is 322 g/mol. The van der Waals surface area contributed by atoms with Gasteiger partial charge in [-0.25, -0.2) is 4.98 Å². The molecule has 5 heteroatoms. The number of ether oxygens (including phenoxy) is 1. The van der Waals surface area contributed by atoms with E-state index >= 15 is 0 Å². The van der Waals surface area contributed by atoms with Crippen molar-refractivity contribution in [3.63, 3.8) is 0 Å². The normalized spacial score (nSPS) is 14.5. The minimum atomic E-state index is 0.849. The summed E-state index contributed by atoms with van der Waals surface area (Å²) >= 11 is 0. The Hall–Kier alpha value is -2.56. The highest BCUT2D eigenvalue weighted by Gasteiger charge is 2.22. The average Bonchev–Trinajstić information content (AvgIpc) is 3.21. The summed E-state index contributed by atoms with van der Waals surface area (Å²) in [6, 6.07) is 10.2. The van der Waals surface area contributed by atoms with Crippen LogP contribution < -0.4 is 9.64 Å². The Morgan fingerprint density at radius 1 is 1.08 bits per heavy atom. The number of nitrogens with zero attached hydrogens (tertiary/aromatic N) is 4. The van der Waals surface area contributed by atoms with Crippen LogP contribution in [-0.4, -0.2) is 34.8 Å². The third-order valence-electron chi connectivity index (χ3n) is 4.68. The number of hydrogen-bond donors (Lipinski definition) is 0. The summed E-state index contributed by atoms with van der Waals surface area (Å²) in [5.41, 5.74) is 4.98. The van der Waals surface area contributed by atoms with E-state index in [1.54, 1.807) is 7.11 Å². The van der Waals surface area contributed by atoms with E-state index in [1.807, 2.05) is 36.6 Å². The summed E-state index contributed by atoms with van der Waals surface area (Å²) in [6.07, 6.45) is 2.48. The SMILES string of the molecule is COc1ccccc1-c1c(C)nn2c(N3CCCC3)cc(C)nc12. The number of fused-ring (bicyclic) bond motifs is 1. The van der Waals surface area contributed by atoms with E-state index in [1.165, 1.54) is 12.8 Å². The Morgan fingerprint density at radius 3 is 2.58 bits per heavy atom. The Kier molecular flexibility index (Phi) is 3.63. The molecule has 0 saturated carbocycles. The van der Waals surface area contributed by atoms with Crippen LogP contribution in [0, 0.1) is 13.8 Å². The monoisotopic (exact) mass is 322 g/mol. The number of para-hydroxylation sites is 1. The van der Waals surface area contributed by atoms with Gasteiger partial charge < -0.3 is 9.64 Å². The molecule has 24 heavy (non-hydrogen) atoms. The number of methoxy groups -OCH3 is 1. The summed E-state index contributed by atoms with van der Waals surface area (Å²) in [4.78, 5) is 7.20. The van der Waals surface area contributed by atoms with Gasteiger partial charge in [-0.1, -0.05) is 18.2 Å². The van der Waals surface area contributed by atoms with Crippen molar-refractivity contribution in [1.82, 2.24) is 14.6 Å². The lowest BCUT2D eigenvalue weighted by molar-refractivity contribution is 0.416. The Balaban J connectivity index is 1.99. The van der Waals surface area contributed by atoms with E-state index in [0.29, 0.717) is 0 Å². The fourth-order valence-electron chi connectivity index (χ4n) is 3.56. The van der Waals surface area contributed by atoms with Crippen molar-refractivity contribution in [1.29, 1.82) is 0 Å². The van der Waals surface area contributed by atoms with Crippen LogP contribution in [0.4, 0.5) is 5.82 Å². The fraction of sp³-hybridized carbons (Fsp3) is 0.368. The molecule has 0 amide bonds. The molecule has 1 aliphatic rings. The molecule has 1 aromatic carbocycles. The molecule has 0 atom stereocenters. The number of aromatic nitrogens is 3. The lowest BCUT2D eigenvalue weighted by Gasteiger charge is -2.19. The van der Waals surface area contributed by atoms with Crippen LogP contribution in [0.2, 0.25) is 0 Å². The molecule has 4 rings (SSSR count). The summed E-state index contributed by atoms with van der Waals surface area (Å²) in [5.74, 6) is 1.99. The van der Waals surface area contributed by atoms with Gasteiger partial charge in [-0.2, -0.15) is 9.61 Å². The quantitative estimate of drug-likeness (QED) is 0.738. The second kappa shape index (κ2) is 5.82. The predicted molar refractivity (Wildman–Crippen MR) is 95.9 cm³/mol. The topological polar surface area (TPSA) is 42.7 Å². The fourth-order valence-corrected chi connectivity index (χ4v) is 3.56. The van der Waals surface area contributed by atoms with Crippen molar-refractivity contribution in [3.8, 4) is 16.9 Å². The van der Waals surface area contributed by atoms with Gasteiger partial charge in [0.15, 0.2) is 5.65 Å². The first-order chi connectivity index (χ1) is 11.7. The van der Waals surface area contributed by atoms with Crippen LogP contribution in [0.3, 0.4) is 0 Å². The Bertz CT molecular complexity index is 894. The summed E-state index contributed by atoms with van der Waals surface area (Å²) < 4.78 is 7.55. The first-order valence-electron chi connectivity index (χ1n) is 8.44. The van der Waals surface area contributed by atoms with Gasteiger partial charge in [0.2, 0.25) is 0 Å². The van der Waals surface area contributed by atoms with Gasteiger partial charge >= 0.3 is 0 Å². The molecule has 5 nitrogen and oxygen atoms in total. The van der Waals surface area contributed by atoms with Crippen molar-refractivity contribution in [2.75, 3.05) is 25.1 Å². The van der Waals surface area contributed by atoms with E-state index in [9.17, 15) is 0 Å². The third-order valence-corrected chi connectivity index (χ3v) is 4.68. The zero-order valence-electron chi connectivity index (χ0n) is 14.4. The second-order valence-electron chi connectivity index (χ2n) is 6.35. The van der Waals surface area contributed by atoms with E-state index in [2.05, 4.69) is 17.0 Å². The van der Waals surface area contributed by atoms with Gasteiger partial charge in [-0.3, -0.25) is 0 Å². The van der Waals surface area contributed by atoms with E-state index < -0.39 is 0 Å². The zero-order chi connectivity index (χ0) is 16.7. The number of rotatable bonds is 3. The van der Waals surface area contributed by atoms with Gasteiger partial charge in [-0.05, 0) is 32.8 Å². The summed E-state index contributed by atoms with van der Waals surface area (Å²) in [6.45, 7) is 6.26. The predicted octanol–water partition coefficient (Wildman–Crippen LogP) is 3.62. The van der Waals surface area contributed by atoms with Gasteiger partial charge in [0.1, 0.15) is 11.6 Å². The highest BCUT2D eigenvalue weighted by molar-refractivity contribution is 5.84. The molecule has 1 aliphatic heterocycles. The molecule has 0 unspecified atom stereocenters. The lowest BCUT2D eigenvalue weighted by atomic mass is 10.1. The molecule has 3 aromatic rings. The largest absolute Gasteiger partial charge is 0.496 e. The summed E-state index contributed by atoms with van der Waals surface area (Å²) in [7, 11) is 1.70. The molecule has 2 aromatic heterocycles. The molecular formula is C19H22N4O. The molecule has 3 heterocycles. The zero-order valence-corrected chi connectivity index (χ0v) is 14.4. The van der Waals surface area contributed by atoms with Crippen LogP contribution in [0.15, 0.2) is 30.3 Å². The van der Waals surface area contributed by atoms with Gasteiger partial charge in [0.25, 0.3) is 0 Å². The lowest BCUT2D eigenvalue weighted by Crippen LogP contribution is -2.21. The van der Waals surface area contributed by atoms with Crippen molar-refractivity contribution in [2.45, 2.75) is 26.7 Å². The van der Waals surface area contributed by atoms with Crippen LogP contribution in [0.1, 0.15) is 24.2 Å². The maximum atomic E-state index is 5.56. The maximum absolute atomic E-state index is 5.56. The molecular weight excluding hydrogens is 300 g/mol. The van der Waals surface area contributed by atoms with Gasteiger partial charge in [0.05, 0.1) is 18.4 Å². The first-order valence-corrected chi connectivity index (χ1v) is 8.44. The highest BCUT2D eigenvalue weighted by atomic mass is 16.5. The van der Waals surface area contributed by atoms with E-state index in [4.69, 9.17) is 14.8 Å².